The summed E-state index contributed by atoms with van der Waals surface area (Å²) in [6, 6.07) is 5.17. The lowest BCUT2D eigenvalue weighted by molar-refractivity contribution is 0.101. The molecule has 7 nitrogen and oxygen atoms in total. The van der Waals surface area contributed by atoms with E-state index in [0.29, 0.717) is 51.8 Å². The van der Waals surface area contributed by atoms with E-state index in [1.165, 1.54) is 14.2 Å². The second-order valence-corrected chi connectivity index (χ2v) is 7.74. The fourth-order valence-corrected chi connectivity index (χ4v) is 4.28. The molecular weight excluding hydrogens is 398 g/mol. The third-order valence-electron chi connectivity index (χ3n) is 5.82. The van der Waals surface area contributed by atoms with E-state index in [1.54, 1.807) is 38.3 Å². The maximum Gasteiger partial charge on any atom is 0.232 e. The molecule has 0 aromatic heterocycles. The number of likely N-dealkylation sites (tertiary alicyclic amines) is 1. The zero-order chi connectivity index (χ0) is 22.1. The van der Waals surface area contributed by atoms with Gasteiger partial charge in [-0.05, 0) is 62.7 Å². The number of benzene rings is 2. The van der Waals surface area contributed by atoms with Gasteiger partial charge in [-0.1, -0.05) is 0 Å². The summed E-state index contributed by atoms with van der Waals surface area (Å²) >= 11 is 0. The Morgan fingerprint density at radius 3 is 2.45 bits per heavy atom. The highest BCUT2D eigenvalue weighted by molar-refractivity contribution is 6.16. The molecule has 0 aliphatic carbocycles. The number of hydrogen-bond donors (Lipinski definition) is 1. The van der Waals surface area contributed by atoms with Crippen LogP contribution < -0.4 is 18.9 Å². The second-order valence-electron chi connectivity index (χ2n) is 7.74. The second kappa shape index (κ2) is 8.51. The van der Waals surface area contributed by atoms with Crippen molar-refractivity contribution in [3.8, 4) is 28.7 Å². The minimum absolute atomic E-state index is 0.154. The summed E-state index contributed by atoms with van der Waals surface area (Å²) in [4.78, 5) is 15.5. The van der Waals surface area contributed by atoms with E-state index in [-0.39, 0.29) is 17.3 Å². The number of aromatic hydroxyl groups is 1. The van der Waals surface area contributed by atoms with Gasteiger partial charge < -0.3 is 24.1 Å². The molecule has 0 amide bonds. The van der Waals surface area contributed by atoms with Gasteiger partial charge in [-0.3, -0.25) is 9.69 Å². The van der Waals surface area contributed by atoms with Gasteiger partial charge in [-0.25, -0.2) is 0 Å². The van der Waals surface area contributed by atoms with Gasteiger partial charge in [0.25, 0.3) is 0 Å². The fourth-order valence-electron chi connectivity index (χ4n) is 4.28. The van der Waals surface area contributed by atoms with Crippen molar-refractivity contribution in [1.82, 2.24) is 4.90 Å². The average molecular weight is 425 g/mol. The number of aryl methyl sites for hydroxylation is 1. The van der Waals surface area contributed by atoms with Crippen molar-refractivity contribution < 1.29 is 28.8 Å². The van der Waals surface area contributed by atoms with E-state index in [0.717, 1.165) is 25.9 Å². The summed E-state index contributed by atoms with van der Waals surface area (Å²) in [5.41, 5.74) is 2.46. The van der Waals surface area contributed by atoms with Crippen LogP contribution in [0.5, 0.6) is 28.7 Å². The molecule has 2 aliphatic rings. The first kappa shape index (κ1) is 21.1. The molecule has 164 valence electrons. The molecule has 0 radical (unpaired) electrons. The molecule has 0 bridgehead atoms. The Morgan fingerprint density at radius 2 is 1.81 bits per heavy atom. The number of phenolic OH excluding ortho intramolecular Hbond substituents is 1. The summed E-state index contributed by atoms with van der Waals surface area (Å²) in [6.45, 7) is 4.30. The van der Waals surface area contributed by atoms with Gasteiger partial charge in [0.15, 0.2) is 17.3 Å². The average Bonchev–Trinajstić information content (AvgIpc) is 3.38. The van der Waals surface area contributed by atoms with E-state index in [2.05, 4.69) is 4.90 Å². The summed E-state index contributed by atoms with van der Waals surface area (Å²) < 4.78 is 22.3. The fraction of sp³-hybridized carbons (Fsp3) is 0.375. The minimum Gasteiger partial charge on any atom is -0.507 e. The predicted octanol–water partition coefficient (Wildman–Crippen LogP) is 3.94. The Balaban J connectivity index is 1.76. The zero-order valence-electron chi connectivity index (χ0n) is 18.3. The molecule has 2 aromatic rings. The molecule has 1 saturated heterocycles. The van der Waals surface area contributed by atoms with Gasteiger partial charge >= 0.3 is 0 Å². The Kier molecular flexibility index (Phi) is 5.78. The quantitative estimate of drug-likeness (QED) is 0.703. The maximum absolute atomic E-state index is 13.2. The van der Waals surface area contributed by atoms with Gasteiger partial charge in [0.1, 0.15) is 11.5 Å². The van der Waals surface area contributed by atoms with Crippen LogP contribution >= 0.6 is 0 Å². The van der Waals surface area contributed by atoms with Crippen LogP contribution in [0.1, 0.15) is 39.9 Å². The van der Waals surface area contributed by atoms with Crippen molar-refractivity contribution in [3.05, 3.63) is 46.2 Å². The van der Waals surface area contributed by atoms with Crippen LogP contribution in [0.3, 0.4) is 0 Å². The summed E-state index contributed by atoms with van der Waals surface area (Å²) in [7, 11) is 4.61. The Hall–Kier alpha value is -3.19. The van der Waals surface area contributed by atoms with Crippen LogP contribution in [0.15, 0.2) is 24.0 Å². The van der Waals surface area contributed by atoms with Gasteiger partial charge in [0, 0.05) is 12.1 Å². The van der Waals surface area contributed by atoms with Crippen LogP contribution in [-0.4, -0.2) is 50.2 Å². The zero-order valence-corrected chi connectivity index (χ0v) is 18.3. The van der Waals surface area contributed by atoms with E-state index < -0.39 is 0 Å². The number of methoxy groups -OCH3 is 3. The number of ketones is 1. The molecule has 2 aromatic carbocycles. The predicted molar refractivity (Wildman–Crippen MR) is 116 cm³/mol. The largest absolute Gasteiger partial charge is 0.507 e. The van der Waals surface area contributed by atoms with E-state index in [1.807, 2.05) is 0 Å². The summed E-state index contributed by atoms with van der Waals surface area (Å²) in [6.07, 6.45) is 3.91. The van der Waals surface area contributed by atoms with Crippen LogP contribution in [0.4, 0.5) is 0 Å². The van der Waals surface area contributed by atoms with Gasteiger partial charge in [-0.2, -0.15) is 0 Å². The van der Waals surface area contributed by atoms with Crippen LogP contribution in [0.25, 0.3) is 6.08 Å². The standard InChI is InChI=1S/C24H27NO6/c1-14-11-17(26)16(13-25-9-5-6-10-25)23-20(14)21(27)19(31-23)12-15-7-8-18(28-2)24(30-4)22(15)29-3/h7-8,11-12,26H,5-6,9-10,13H2,1-4H3/b19-12+. The lowest BCUT2D eigenvalue weighted by Gasteiger charge is -2.18. The summed E-state index contributed by atoms with van der Waals surface area (Å²) in [5, 5.41) is 10.6. The Morgan fingerprint density at radius 1 is 1.10 bits per heavy atom. The highest BCUT2D eigenvalue weighted by Crippen LogP contribution is 2.44. The third kappa shape index (κ3) is 3.70. The molecule has 1 fully saturated rings. The lowest BCUT2D eigenvalue weighted by atomic mass is 9.99. The number of fused-ring (bicyclic) bond motifs is 1. The monoisotopic (exact) mass is 425 g/mol. The van der Waals surface area contributed by atoms with Gasteiger partial charge in [0.2, 0.25) is 11.5 Å². The lowest BCUT2D eigenvalue weighted by Crippen LogP contribution is -2.19. The van der Waals surface area contributed by atoms with Crippen LogP contribution in [-0.2, 0) is 6.54 Å². The topological polar surface area (TPSA) is 77.5 Å². The molecule has 4 rings (SSSR count). The number of allylic oxidation sites excluding steroid dienone is 1. The van der Waals surface area contributed by atoms with Crippen molar-refractivity contribution in [2.24, 2.45) is 0 Å². The first-order valence-electron chi connectivity index (χ1n) is 10.3. The third-order valence-corrected chi connectivity index (χ3v) is 5.82. The van der Waals surface area contributed by atoms with Gasteiger partial charge in [0.05, 0.1) is 32.5 Å². The number of carbonyl (C=O) groups excluding carboxylic acids is 1. The van der Waals surface area contributed by atoms with Crippen LogP contribution in [0, 0.1) is 6.92 Å². The molecule has 0 spiro atoms. The van der Waals surface area contributed by atoms with E-state index in [9.17, 15) is 9.90 Å². The SMILES string of the molecule is COc1ccc(/C=C2/Oc3c(CN4CCCC4)c(O)cc(C)c3C2=O)c(OC)c1OC. The molecule has 0 saturated carbocycles. The smallest absolute Gasteiger partial charge is 0.232 e. The molecule has 2 heterocycles. The van der Waals surface area contributed by atoms with Crippen molar-refractivity contribution >= 4 is 11.9 Å². The van der Waals surface area contributed by atoms with Crippen molar-refractivity contribution in [2.75, 3.05) is 34.4 Å². The molecule has 0 unspecified atom stereocenters. The molecule has 2 aliphatic heterocycles. The molecule has 7 heteroatoms. The van der Waals surface area contributed by atoms with Crippen molar-refractivity contribution in [2.45, 2.75) is 26.3 Å². The molecular formula is C24H27NO6. The normalized spacial score (nSPS) is 17.0. The Bertz CT molecular complexity index is 1050. The van der Waals surface area contributed by atoms with E-state index in [4.69, 9.17) is 18.9 Å². The Labute approximate surface area is 181 Å². The number of nitrogens with zero attached hydrogens (tertiary/aromatic N) is 1. The number of hydrogen-bond acceptors (Lipinski definition) is 7. The molecule has 0 atom stereocenters. The highest BCUT2D eigenvalue weighted by atomic mass is 16.5. The number of ether oxygens (including phenoxy) is 4. The van der Waals surface area contributed by atoms with Crippen LogP contribution in [0.2, 0.25) is 0 Å². The van der Waals surface area contributed by atoms with Crippen molar-refractivity contribution in [1.29, 1.82) is 0 Å². The number of phenols is 1. The first-order chi connectivity index (χ1) is 15.0. The van der Waals surface area contributed by atoms with Crippen molar-refractivity contribution in [3.63, 3.8) is 0 Å². The first-order valence-corrected chi connectivity index (χ1v) is 10.3. The minimum atomic E-state index is -0.216. The molecule has 1 N–H and O–H groups in total. The maximum atomic E-state index is 13.2. The number of rotatable bonds is 6. The number of Topliss-reactive ketones (excluding diaryl/α,β-unsaturated/α-hetero) is 1. The van der Waals surface area contributed by atoms with E-state index >= 15 is 0 Å². The molecule has 31 heavy (non-hydrogen) atoms. The summed E-state index contributed by atoms with van der Waals surface area (Å²) in [5.74, 6) is 1.96. The van der Waals surface area contributed by atoms with Gasteiger partial charge in [-0.15, -0.1) is 0 Å². The highest BCUT2D eigenvalue weighted by Gasteiger charge is 2.34. The number of carbonyl (C=O) groups is 1.